The first-order valence-corrected chi connectivity index (χ1v) is 14.4. The number of carbonyl (C=O) groups is 2. The van der Waals surface area contributed by atoms with Gasteiger partial charge in [-0.3, -0.25) is 13.9 Å². The van der Waals surface area contributed by atoms with E-state index in [1.165, 1.54) is 35.2 Å². The molecule has 3 aromatic rings. The van der Waals surface area contributed by atoms with Gasteiger partial charge >= 0.3 is 0 Å². The van der Waals surface area contributed by atoms with Crippen molar-refractivity contribution in [2.75, 3.05) is 17.4 Å². The summed E-state index contributed by atoms with van der Waals surface area (Å²) in [6, 6.07) is 18.5. The molecule has 0 fully saturated rings. The Morgan fingerprint density at radius 2 is 1.57 bits per heavy atom. The molecule has 1 N–H and O–H groups in total. The van der Waals surface area contributed by atoms with E-state index in [2.05, 4.69) is 21.2 Å². The van der Waals surface area contributed by atoms with Crippen LogP contribution in [0.1, 0.15) is 19.4 Å². The van der Waals surface area contributed by atoms with Crippen LogP contribution in [0.3, 0.4) is 0 Å². The summed E-state index contributed by atoms with van der Waals surface area (Å²) in [5.41, 5.74) is 0.903. The number of anilines is 1. The normalized spacial score (nSPS) is 12.0. The van der Waals surface area contributed by atoms with Crippen molar-refractivity contribution in [3.63, 3.8) is 0 Å². The zero-order valence-electron chi connectivity index (χ0n) is 20.2. The Hall–Kier alpha value is -2.59. The first-order chi connectivity index (χ1) is 17.5. The SMILES string of the molecule is CCNC(=O)C(C)N(Cc1ccc(Br)cc1)C(=O)CN(c1cc(Cl)cc(Cl)c1)S(=O)(=O)c1ccccc1. The van der Waals surface area contributed by atoms with E-state index in [1.807, 2.05) is 24.3 Å². The van der Waals surface area contributed by atoms with Gasteiger partial charge in [-0.2, -0.15) is 0 Å². The average Bonchev–Trinajstić information content (AvgIpc) is 2.86. The summed E-state index contributed by atoms with van der Waals surface area (Å²) >= 11 is 15.7. The smallest absolute Gasteiger partial charge is 0.264 e. The van der Waals surface area contributed by atoms with Gasteiger partial charge in [0.2, 0.25) is 11.8 Å². The molecule has 0 bridgehead atoms. The topological polar surface area (TPSA) is 86.8 Å². The number of likely N-dealkylation sites (N-methyl/N-ethyl adjacent to an activating group) is 1. The Bertz CT molecular complexity index is 1340. The molecule has 0 heterocycles. The van der Waals surface area contributed by atoms with Gasteiger partial charge in [-0.05, 0) is 61.9 Å². The summed E-state index contributed by atoms with van der Waals surface area (Å²) in [7, 11) is -4.19. The highest BCUT2D eigenvalue weighted by Gasteiger charge is 2.32. The van der Waals surface area contributed by atoms with Crippen LogP contribution in [0.4, 0.5) is 5.69 Å². The lowest BCUT2D eigenvalue weighted by molar-refractivity contribution is -0.139. The minimum Gasteiger partial charge on any atom is -0.355 e. The number of carbonyl (C=O) groups excluding carboxylic acids is 2. The van der Waals surface area contributed by atoms with E-state index < -0.39 is 28.5 Å². The number of rotatable bonds is 10. The predicted molar refractivity (Wildman–Crippen MR) is 150 cm³/mol. The van der Waals surface area contributed by atoms with Gasteiger partial charge in [0, 0.05) is 27.6 Å². The molecule has 1 atom stereocenters. The van der Waals surface area contributed by atoms with Gasteiger partial charge < -0.3 is 10.2 Å². The van der Waals surface area contributed by atoms with Crippen LogP contribution in [0.2, 0.25) is 10.0 Å². The minimum absolute atomic E-state index is 0.00451. The van der Waals surface area contributed by atoms with E-state index in [-0.39, 0.29) is 33.1 Å². The fraction of sp³-hybridized carbons (Fsp3) is 0.231. The number of sulfonamides is 1. The average molecular weight is 627 g/mol. The lowest BCUT2D eigenvalue weighted by Gasteiger charge is -2.32. The molecule has 0 aliphatic carbocycles. The highest BCUT2D eigenvalue weighted by molar-refractivity contribution is 9.10. The highest BCUT2D eigenvalue weighted by atomic mass is 79.9. The minimum atomic E-state index is -4.19. The molecule has 37 heavy (non-hydrogen) atoms. The van der Waals surface area contributed by atoms with Crippen LogP contribution in [-0.2, 0) is 26.2 Å². The van der Waals surface area contributed by atoms with Crippen LogP contribution >= 0.6 is 39.1 Å². The number of benzene rings is 3. The number of hydrogen-bond donors (Lipinski definition) is 1. The number of nitrogens with zero attached hydrogens (tertiary/aromatic N) is 2. The molecule has 0 aromatic heterocycles. The van der Waals surface area contributed by atoms with Crippen molar-refractivity contribution in [3.8, 4) is 0 Å². The quantitative estimate of drug-likeness (QED) is 0.322. The summed E-state index contributed by atoms with van der Waals surface area (Å²) in [6.45, 7) is 3.30. The van der Waals surface area contributed by atoms with Crippen molar-refractivity contribution in [2.24, 2.45) is 0 Å². The van der Waals surface area contributed by atoms with Gasteiger partial charge in [0.05, 0.1) is 10.6 Å². The van der Waals surface area contributed by atoms with E-state index in [1.54, 1.807) is 32.0 Å². The lowest BCUT2D eigenvalue weighted by atomic mass is 10.1. The van der Waals surface area contributed by atoms with Crippen molar-refractivity contribution in [1.82, 2.24) is 10.2 Å². The second-order valence-corrected chi connectivity index (χ2v) is 11.8. The molecule has 2 amide bonds. The summed E-state index contributed by atoms with van der Waals surface area (Å²) in [4.78, 5) is 27.8. The van der Waals surface area contributed by atoms with E-state index >= 15 is 0 Å². The van der Waals surface area contributed by atoms with Crippen LogP contribution < -0.4 is 9.62 Å². The van der Waals surface area contributed by atoms with Crippen LogP contribution in [-0.4, -0.2) is 44.3 Å². The standard InChI is InChI=1S/C26H26BrCl2N3O4S/c1-3-30-26(34)18(2)31(16-19-9-11-20(27)12-10-19)25(33)17-32(23-14-21(28)13-22(29)15-23)37(35,36)24-7-5-4-6-8-24/h4-15,18H,3,16-17H2,1-2H3,(H,30,34). The van der Waals surface area contributed by atoms with Crippen LogP contribution in [0.15, 0.2) is 82.2 Å². The lowest BCUT2D eigenvalue weighted by Crippen LogP contribution is -2.51. The molecule has 11 heteroatoms. The summed E-state index contributed by atoms with van der Waals surface area (Å²) in [5, 5.41) is 3.15. The van der Waals surface area contributed by atoms with E-state index in [4.69, 9.17) is 23.2 Å². The van der Waals surface area contributed by atoms with E-state index in [0.717, 1.165) is 14.3 Å². The molecule has 3 aromatic carbocycles. The van der Waals surface area contributed by atoms with E-state index in [0.29, 0.717) is 6.54 Å². The third-order valence-corrected chi connectivity index (χ3v) is 8.28. The van der Waals surface area contributed by atoms with Gasteiger partial charge in [-0.15, -0.1) is 0 Å². The zero-order valence-corrected chi connectivity index (χ0v) is 24.1. The third kappa shape index (κ3) is 7.47. The summed E-state index contributed by atoms with van der Waals surface area (Å²) in [5.74, 6) is -0.923. The molecule has 0 radical (unpaired) electrons. The molecule has 0 saturated heterocycles. The largest absolute Gasteiger partial charge is 0.355 e. The third-order valence-electron chi connectivity index (χ3n) is 5.53. The number of halogens is 3. The van der Waals surface area contributed by atoms with Gasteiger partial charge in [-0.1, -0.05) is 69.5 Å². The fourth-order valence-electron chi connectivity index (χ4n) is 3.62. The van der Waals surface area contributed by atoms with Crippen LogP contribution in [0.5, 0.6) is 0 Å². The molecule has 0 aliphatic heterocycles. The van der Waals surface area contributed by atoms with Gasteiger partial charge in [0.1, 0.15) is 12.6 Å². The maximum absolute atomic E-state index is 13.8. The number of hydrogen-bond acceptors (Lipinski definition) is 4. The molecule has 0 aliphatic rings. The van der Waals surface area contributed by atoms with Crippen molar-refractivity contribution in [3.05, 3.63) is 92.9 Å². The molecule has 0 spiro atoms. The zero-order chi connectivity index (χ0) is 27.2. The molecule has 0 saturated carbocycles. The van der Waals surface area contributed by atoms with Crippen molar-refractivity contribution >= 4 is 66.7 Å². The van der Waals surface area contributed by atoms with Gasteiger partial charge in [-0.25, -0.2) is 8.42 Å². The Labute approximate surface area is 235 Å². The maximum Gasteiger partial charge on any atom is 0.264 e. The molecular weight excluding hydrogens is 601 g/mol. The molecular formula is C26H26BrCl2N3O4S. The van der Waals surface area contributed by atoms with Crippen LogP contribution in [0.25, 0.3) is 0 Å². The van der Waals surface area contributed by atoms with Gasteiger partial charge in [0.15, 0.2) is 0 Å². The van der Waals surface area contributed by atoms with Gasteiger partial charge in [0.25, 0.3) is 10.0 Å². The predicted octanol–water partition coefficient (Wildman–Crippen LogP) is 5.50. The highest BCUT2D eigenvalue weighted by Crippen LogP contribution is 2.30. The number of nitrogens with one attached hydrogen (secondary N) is 1. The Balaban J connectivity index is 2.04. The Morgan fingerprint density at radius 3 is 2.14 bits per heavy atom. The Morgan fingerprint density at radius 1 is 0.973 bits per heavy atom. The summed E-state index contributed by atoms with van der Waals surface area (Å²) < 4.78 is 29.2. The van der Waals surface area contributed by atoms with E-state index in [9.17, 15) is 18.0 Å². The van der Waals surface area contributed by atoms with Crippen molar-refractivity contribution in [2.45, 2.75) is 31.3 Å². The molecule has 196 valence electrons. The fourth-order valence-corrected chi connectivity index (χ4v) is 5.82. The second kappa shape index (κ2) is 12.8. The molecule has 3 rings (SSSR count). The monoisotopic (exact) mass is 625 g/mol. The molecule has 1 unspecified atom stereocenters. The van der Waals surface area contributed by atoms with Crippen LogP contribution in [0, 0.1) is 0 Å². The second-order valence-electron chi connectivity index (χ2n) is 8.17. The first-order valence-electron chi connectivity index (χ1n) is 11.4. The maximum atomic E-state index is 13.8. The van der Waals surface area contributed by atoms with Crippen molar-refractivity contribution in [1.29, 1.82) is 0 Å². The molecule has 7 nitrogen and oxygen atoms in total. The summed E-state index contributed by atoms with van der Waals surface area (Å²) in [6.07, 6.45) is 0. The first kappa shape index (κ1) is 29.0. The van der Waals surface area contributed by atoms with Crippen molar-refractivity contribution < 1.29 is 18.0 Å². The number of amides is 2. The Kier molecular flexibility index (Phi) is 10.0.